The maximum absolute atomic E-state index is 7.62. The normalized spacial score (nSPS) is 18.4. The van der Waals surface area contributed by atoms with Gasteiger partial charge in [0.15, 0.2) is 0 Å². The molecule has 0 aromatic heterocycles. The highest BCUT2D eigenvalue weighted by Gasteiger charge is 2.21. The molecule has 0 aliphatic heterocycles. The fourth-order valence-corrected chi connectivity index (χ4v) is 0.968. The van der Waals surface area contributed by atoms with Crippen LogP contribution in [0.25, 0.3) is 0 Å². The highest BCUT2D eigenvalue weighted by Crippen LogP contribution is 2.24. The monoisotopic (exact) mass is 204 g/mol. The van der Waals surface area contributed by atoms with Gasteiger partial charge in [-0.25, -0.2) is 0 Å². The summed E-state index contributed by atoms with van der Waals surface area (Å²) in [4.78, 5) is 0. The van der Waals surface area contributed by atoms with Gasteiger partial charge in [0.05, 0.1) is 25.4 Å². The Morgan fingerprint density at radius 3 is 1.86 bits per heavy atom. The Bertz CT molecular complexity index is 120. The van der Waals surface area contributed by atoms with E-state index < -0.39 is 0 Å². The van der Waals surface area contributed by atoms with E-state index in [-0.39, 0.29) is 13.2 Å². The van der Waals surface area contributed by atoms with Gasteiger partial charge < -0.3 is 14.9 Å². The van der Waals surface area contributed by atoms with Crippen molar-refractivity contribution in [2.75, 3.05) is 13.2 Å². The number of hydrogen-bond acceptors (Lipinski definition) is 3. The van der Waals surface area contributed by atoms with E-state index in [2.05, 4.69) is 20.8 Å². The van der Waals surface area contributed by atoms with Crippen LogP contribution in [0.3, 0.4) is 0 Å². The average molecular weight is 204 g/mol. The summed E-state index contributed by atoms with van der Waals surface area (Å²) in [6.07, 6.45) is 4.99. The molecule has 1 rings (SSSR count). The van der Waals surface area contributed by atoms with E-state index in [9.17, 15) is 0 Å². The lowest BCUT2D eigenvalue weighted by Gasteiger charge is -2.30. The predicted octanol–water partition coefficient (Wildman–Crippen LogP) is 1.57. The second kappa shape index (κ2) is 8.21. The molecule has 3 heteroatoms. The van der Waals surface area contributed by atoms with Crippen LogP contribution >= 0.6 is 0 Å². The standard InChI is InChI=1S/C9H18O.C2H6O2/c1-7(2)8(3)10-9-5-4-6-9;3-1-2-4/h7-9H,4-6H2,1-3H3;3-4H,1-2H2. The third-order valence-corrected chi connectivity index (χ3v) is 2.50. The maximum Gasteiger partial charge on any atom is 0.0662 e. The van der Waals surface area contributed by atoms with Gasteiger partial charge in [-0.1, -0.05) is 13.8 Å². The molecule has 0 amide bonds. The van der Waals surface area contributed by atoms with Crippen LogP contribution in [0.5, 0.6) is 0 Å². The topological polar surface area (TPSA) is 49.7 Å². The third-order valence-electron chi connectivity index (χ3n) is 2.50. The van der Waals surface area contributed by atoms with Crippen molar-refractivity contribution in [3.63, 3.8) is 0 Å². The predicted molar refractivity (Wildman–Crippen MR) is 57.2 cm³/mol. The van der Waals surface area contributed by atoms with Crippen LogP contribution in [0.4, 0.5) is 0 Å². The summed E-state index contributed by atoms with van der Waals surface area (Å²) in [7, 11) is 0. The van der Waals surface area contributed by atoms with Crippen molar-refractivity contribution in [1.29, 1.82) is 0 Å². The van der Waals surface area contributed by atoms with Crippen LogP contribution in [0, 0.1) is 5.92 Å². The molecule has 1 fully saturated rings. The van der Waals surface area contributed by atoms with Crippen molar-refractivity contribution >= 4 is 0 Å². The van der Waals surface area contributed by atoms with Crippen molar-refractivity contribution < 1.29 is 14.9 Å². The Labute approximate surface area is 87.1 Å². The minimum atomic E-state index is -0.125. The molecule has 0 aromatic rings. The first-order valence-electron chi connectivity index (χ1n) is 5.49. The van der Waals surface area contributed by atoms with Crippen LogP contribution in [0.15, 0.2) is 0 Å². The number of ether oxygens (including phenoxy) is 1. The molecule has 0 bridgehead atoms. The Morgan fingerprint density at radius 2 is 1.64 bits per heavy atom. The van der Waals surface area contributed by atoms with Crippen molar-refractivity contribution in [3.05, 3.63) is 0 Å². The summed E-state index contributed by atoms with van der Waals surface area (Å²) >= 11 is 0. The molecule has 0 saturated heterocycles. The minimum absolute atomic E-state index is 0.125. The molecule has 1 saturated carbocycles. The summed E-state index contributed by atoms with van der Waals surface area (Å²) in [5, 5.41) is 15.2. The second-order valence-corrected chi connectivity index (χ2v) is 4.09. The molecule has 0 radical (unpaired) electrons. The Hall–Kier alpha value is -0.120. The Balaban J connectivity index is 0.000000364. The van der Waals surface area contributed by atoms with Crippen molar-refractivity contribution in [2.45, 2.75) is 52.2 Å². The molecule has 1 atom stereocenters. The minimum Gasteiger partial charge on any atom is -0.394 e. The van der Waals surface area contributed by atoms with Gasteiger partial charge in [0.1, 0.15) is 0 Å². The van der Waals surface area contributed by atoms with Gasteiger partial charge in [-0.3, -0.25) is 0 Å². The SMILES string of the molecule is CC(C)C(C)OC1CCC1.OCCO. The molecule has 0 aromatic carbocycles. The van der Waals surface area contributed by atoms with Gasteiger partial charge in [0.2, 0.25) is 0 Å². The molecule has 1 aliphatic carbocycles. The zero-order valence-corrected chi connectivity index (χ0v) is 9.57. The average Bonchev–Trinajstić information content (AvgIpc) is 2.11. The lowest BCUT2D eigenvalue weighted by atomic mass is 9.95. The third kappa shape index (κ3) is 6.35. The van der Waals surface area contributed by atoms with Crippen molar-refractivity contribution in [2.24, 2.45) is 5.92 Å². The zero-order valence-electron chi connectivity index (χ0n) is 9.57. The van der Waals surface area contributed by atoms with Gasteiger partial charge in [0.25, 0.3) is 0 Å². The molecule has 2 N–H and O–H groups in total. The molecule has 14 heavy (non-hydrogen) atoms. The number of aliphatic hydroxyl groups excluding tert-OH is 2. The van der Waals surface area contributed by atoms with Crippen LogP contribution in [0.2, 0.25) is 0 Å². The fourth-order valence-electron chi connectivity index (χ4n) is 0.968. The van der Waals surface area contributed by atoms with Gasteiger partial charge in [0, 0.05) is 0 Å². The van der Waals surface area contributed by atoms with E-state index in [4.69, 9.17) is 14.9 Å². The summed E-state index contributed by atoms with van der Waals surface area (Å²) in [6, 6.07) is 0. The van der Waals surface area contributed by atoms with Crippen LogP contribution < -0.4 is 0 Å². The first-order valence-corrected chi connectivity index (χ1v) is 5.49. The van der Waals surface area contributed by atoms with Gasteiger partial charge in [-0.05, 0) is 32.1 Å². The highest BCUT2D eigenvalue weighted by atomic mass is 16.5. The lowest BCUT2D eigenvalue weighted by Crippen LogP contribution is -2.28. The van der Waals surface area contributed by atoms with E-state index >= 15 is 0 Å². The first kappa shape index (κ1) is 13.9. The van der Waals surface area contributed by atoms with Crippen molar-refractivity contribution in [1.82, 2.24) is 0 Å². The second-order valence-electron chi connectivity index (χ2n) is 4.09. The number of hydrogen-bond donors (Lipinski definition) is 2. The van der Waals surface area contributed by atoms with E-state index in [0.717, 1.165) is 0 Å². The summed E-state index contributed by atoms with van der Waals surface area (Å²) < 4.78 is 5.75. The molecule has 86 valence electrons. The van der Waals surface area contributed by atoms with Gasteiger partial charge in [-0.15, -0.1) is 0 Å². The highest BCUT2D eigenvalue weighted by molar-refractivity contribution is 4.71. The van der Waals surface area contributed by atoms with Crippen molar-refractivity contribution in [3.8, 4) is 0 Å². The van der Waals surface area contributed by atoms with E-state index in [1.54, 1.807) is 0 Å². The van der Waals surface area contributed by atoms with Gasteiger partial charge in [-0.2, -0.15) is 0 Å². The number of rotatable bonds is 4. The molecule has 0 heterocycles. The molecule has 1 aliphatic rings. The fraction of sp³-hybridized carbons (Fsp3) is 1.00. The van der Waals surface area contributed by atoms with E-state index in [1.807, 2.05) is 0 Å². The molecular formula is C11H24O3. The summed E-state index contributed by atoms with van der Waals surface area (Å²) in [5.41, 5.74) is 0. The van der Waals surface area contributed by atoms with E-state index in [1.165, 1.54) is 19.3 Å². The largest absolute Gasteiger partial charge is 0.394 e. The maximum atomic E-state index is 7.62. The Morgan fingerprint density at radius 1 is 1.14 bits per heavy atom. The Kier molecular flexibility index (Phi) is 8.14. The molecule has 1 unspecified atom stereocenters. The van der Waals surface area contributed by atoms with Crippen LogP contribution in [-0.2, 0) is 4.74 Å². The quantitative estimate of drug-likeness (QED) is 0.731. The van der Waals surface area contributed by atoms with Crippen LogP contribution in [-0.4, -0.2) is 35.6 Å². The van der Waals surface area contributed by atoms with E-state index in [0.29, 0.717) is 18.1 Å². The smallest absolute Gasteiger partial charge is 0.0662 e. The molecular weight excluding hydrogens is 180 g/mol. The van der Waals surface area contributed by atoms with Gasteiger partial charge >= 0.3 is 0 Å². The first-order chi connectivity index (χ1) is 6.61. The number of aliphatic hydroxyl groups is 2. The summed E-state index contributed by atoms with van der Waals surface area (Å²) in [5.74, 6) is 0.667. The van der Waals surface area contributed by atoms with Crippen LogP contribution in [0.1, 0.15) is 40.0 Å². The zero-order chi connectivity index (χ0) is 11.0. The molecule has 3 nitrogen and oxygen atoms in total. The summed E-state index contributed by atoms with van der Waals surface area (Å²) in [6.45, 7) is 6.34. The lowest BCUT2D eigenvalue weighted by molar-refractivity contribution is -0.0610. The molecule has 0 spiro atoms.